The van der Waals surface area contributed by atoms with Gasteiger partial charge >= 0.3 is 0 Å². The van der Waals surface area contributed by atoms with Crippen LogP contribution in [-0.4, -0.2) is 29.4 Å². The molecule has 1 aromatic rings. The molecule has 0 saturated heterocycles. The molecule has 2 atom stereocenters. The standard InChI is InChI=1S/C15H25NO2/c1-15(2,3)9-13(17)10-16-11-14(18)12-7-5-4-6-8-12/h4-8,13-14,16-18H,9-11H2,1-3H3. The number of aliphatic hydroxyl groups excluding tert-OH is 2. The quantitative estimate of drug-likeness (QED) is 0.726. The summed E-state index contributed by atoms with van der Waals surface area (Å²) in [5.41, 5.74) is 1.02. The first kappa shape index (κ1) is 15.2. The van der Waals surface area contributed by atoms with Gasteiger partial charge in [0.05, 0.1) is 12.2 Å². The van der Waals surface area contributed by atoms with Crippen LogP contribution in [0.4, 0.5) is 0 Å². The van der Waals surface area contributed by atoms with Gasteiger partial charge in [-0.3, -0.25) is 0 Å². The van der Waals surface area contributed by atoms with Crippen molar-refractivity contribution >= 4 is 0 Å². The summed E-state index contributed by atoms with van der Waals surface area (Å²) < 4.78 is 0. The largest absolute Gasteiger partial charge is 0.392 e. The first-order valence-electron chi connectivity index (χ1n) is 6.50. The van der Waals surface area contributed by atoms with Gasteiger partial charge in [0.25, 0.3) is 0 Å². The number of hydrogen-bond acceptors (Lipinski definition) is 3. The summed E-state index contributed by atoms with van der Waals surface area (Å²) in [6.07, 6.45) is -0.137. The monoisotopic (exact) mass is 251 g/mol. The maximum absolute atomic E-state index is 9.92. The maximum Gasteiger partial charge on any atom is 0.0914 e. The van der Waals surface area contributed by atoms with Crippen LogP contribution in [0.1, 0.15) is 38.9 Å². The normalized spacial score (nSPS) is 15.4. The average molecular weight is 251 g/mol. The number of rotatable bonds is 6. The Balaban J connectivity index is 2.26. The summed E-state index contributed by atoms with van der Waals surface area (Å²) in [6.45, 7) is 7.30. The van der Waals surface area contributed by atoms with Crippen LogP contribution in [0.25, 0.3) is 0 Å². The molecule has 0 radical (unpaired) electrons. The van der Waals surface area contributed by atoms with Crippen molar-refractivity contribution in [3.05, 3.63) is 35.9 Å². The molecule has 0 fully saturated rings. The zero-order valence-electron chi connectivity index (χ0n) is 11.6. The van der Waals surface area contributed by atoms with Gasteiger partial charge in [-0.05, 0) is 17.4 Å². The molecule has 18 heavy (non-hydrogen) atoms. The minimum absolute atomic E-state index is 0.124. The molecule has 0 aliphatic heterocycles. The van der Waals surface area contributed by atoms with Gasteiger partial charge in [0, 0.05) is 13.1 Å². The van der Waals surface area contributed by atoms with E-state index in [0.29, 0.717) is 13.1 Å². The van der Waals surface area contributed by atoms with Crippen LogP contribution in [0, 0.1) is 5.41 Å². The Bertz CT molecular complexity index is 332. The highest BCUT2D eigenvalue weighted by atomic mass is 16.3. The third-order valence-corrected chi connectivity index (χ3v) is 2.75. The number of aliphatic hydroxyl groups is 2. The van der Waals surface area contributed by atoms with Gasteiger partial charge in [-0.15, -0.1) is 0 Å². The lowest BCUT2D eigenvalue weighted by Gasteiger charge is -2.23. The van der Waals surface area contributed by atoms with Gasteiger partial charge in [0.15, 0.2) is 0 Å². The van der Waals surface area contributed by atoms with Crippen LogP contribution < -0.4 is 5.32 Å². The molecule has 2 unspecified atom stereocenters. The van der Waals surface area contributed by atoms with E-state index >= 15 is 0 Å². The summed E-state index contributed by atoms with van der Waals surface area (Å²) >= 11 is 0. The van der Waals surface area contributed by atoms with Gasteiger partial charge in [0.2, 0.25) is 0 Å². The molecule has 0 spiro atoms. The summed E-state index contributed by atoms with van der Waals surface area (Å²) in [6, 6.07) is 9.55. The van der Waals surface area contributed by atoms with Crippen molar-refractivity contribution in [2.45, 2.75) is 39.4 Å². The second-order valence-electron chi connectivity index (χ2n) is 6.00. The molecule has 0 aromatic heterocycles. The number of hydrogen-bond donors (Lipinski definition) is 3. The van der Waals surface area contributed by atoms with Crippen molar-refractivity contribution in [3.63, 3.8) is 0 Å². The van der Waals surface area contributed by atoms with E-state index in [4.69, 9.17) is 0 Å². The molecule has 3 N–H and O–H groups in total. The molecule has 0 bridgehead atoms. The average Bonchev–Trinajstić information content (AvgIpc) is 2.27. The Morgan fingerprint density at radius 3 is 2.22 bits per heavy atom. The van der Waals surface area contributed by atoms with Crippen molar-refractivity contribution in [2.75, 3.05) is 13.1 Å². The molecule has 0 aliphatic rings. The van der Waals surface area contributed by atoms with Gasteiger partial charge in [-0.25, -0.2) is 0 Å². The van der Waals surface area contributed by atoms with Crippen LogP contribution in [-0.2, 0) is 0 Å². The Morgan fingerprint density at radius 1 is 1.06 bits per heavy atom. The van der Waals surface area contributed by atoms with E-state index in [1.165, 1.54) is 0 Å². The first-order valence-corrected chi connectivity index (χ1v) is 6.50. The fourth-order valence-electron chi connectivity index (χ4n) is 1.96. The minimum atomic E-state index is -0.520. The SMILES string of the molecule is CC(C)(C)CC(O)CNCC(O)c1ccccc1. The Labute approximate surface area is 110 Å². The molecule has 0 aliphatic carbocycles. The highest BCUT2D eigenvalue weighted by Gasteiger charge is 2.16. The van der Waals surface area contributed by atoms with Crippen LogP contribution >= 0.6 is 0 Å². The molecule has 1 rings (SSSR count). The van der Waals surface area contributed by atoms with Crippen molar-refractivity contribution in [2.24, 2.45) is 5.41 Å². The van der Waals surface area contributed by atoms with Gasteiger partial charge < -0.3 is 15.5 Å². The predicted molar refractivity (Wildman–Crippen MR) is 74.4 cm³/mol. The third kappa shape index (κ3) is 6.15. The second-order valence-corrected chi connectivity index (χ2v) is 6.00. The van der Waals surface area contributed by atoms with Crippen molar-refractivity contribution < 1.29 is 10.2 Å². The van der Waals surface area contributed by atoms with Crippen LogP contribution in [0.3, 0.4) is 0 Å². The van der Waals surface area contributed by atoms with E-state index in [9.17, 15) is 10.2 Å². The first-order chi connectivity index (χ1) is 8.38. The number of benzene rings is 1. The molecule has 0 saturated carbocycles. The van der Waals surface area contributed by atoms with E-state index in [1.807, 2.05) is 30.3 Å². The van der Waals surface area contributed by atoms with Crippen LogP contribution in [0.5, 0.6) is 0 Å². The van der Waals surface area contributed by atoms with E-state index < -0.39 is 6.10 Å². The maximum atomic E-state index is 9.92. The molecule has 0 amide bonds. The smallest absolute Gasteiger partial charge is 0.0914 e. The fraction of sp³-hybridized carbons (Fsp3) is 0.600. The van der Waals surface area contributed by atoms with E-state index in [2.05, 4.69) is 26.1 Å². The Hall–Kier alpha value is -0.900. The highest BCUT2D eigenvalue weighted by molar-refractivity contribution is 5.17. The van der Waals surface area contributed by atoms with Crippen LogP contribution in [0.15, 0.2) is 30.3 Å². The van der Waals surface area contributed by atoms with E-state index in [-0.39, 0.29) is 11.5 Å². The molecule has 3 heteroatoms. The predicted octanol–water partition coefficient (Wildman–Crippen LogP) is 2.11. The highest BCUT2D eigenvalue weighted by Crippen LogP contribution is 2.20. The summed E-state index contributed by atoms with van der Waals surface area (Å²) in [7, 11) is 0. The van der Waals surface area contributed by atoms with Crippen LogP contribution in [0.2, 0.25) is 0 Å². The molecular formula is C15H25NO2. The van der Waals surface area contributed by atoms with Gasteiger partial charge in [-0.2, -0.15) is 0 Å². The van der Waals surface area contributed by atoms with Gasteiger partial charge in [-0.1, -0.05) is 51.1 Å². The lowest BCUT2D eigenvalue weighted by Crippen LogP contribution is -2.32. The summed E-state index contributed by atoms with van der Waals surface area (Å²) in [5, 5.41) is 22.9. The van der Waals surface area contributed by atoms with Gasteiger partial charge in [0.1, 0.15) is 0 Å². The minimum Gasteiger partial charge on any atom is -0.392 e. The van der Waals surface area contributed by atoms with E-state index in [0.717, 1.165) is 12.0 Å². The van der Waals surface area contributed by atoms with E-state index in [1.54, 1.807) is 0 Å². The zero-order valence-corrected chi connectivity index (χ0v) is 11.6. The molecule has 102 valence electrons. The van der Waals surface area contributed by atoms with Crippen molar-refractivity contribution in [1.82, 2.24) is 5.32 Å². The lowest BCUT2D eigenvalue weighted by atomic mass is 9.89. The molecule has 3 nitrogen and oxygen atoms in total. The molecule has 0 heterocycles. The molecule has 1 aromatic carbocycles. The fourth-order valence-corrected chi connectivity index (χ4v) is 1.96. The Kier molecular flexibility index (Phi) is 5.79. The topological polar surface area (TPSA) is 52.5 Å². The zero-order chi connectivity index (χ0) is 13.6. The van der Waals surface area contributed by atoms with Crippen molar-refractivity contribution in [3.8, 4) is 0 Å². The Morgan fingerprint density at radius 2 is 1.67 bits per heavy atom. The second kappa shape index (κ2) is 6.88. The summed E-state index contributed by atoms with van der Waals surface area (Å²) in [5.74, 6) is 0. The number of nitrogens with one attached hydrogen (secondary N) is 1. The molecular weight excluding hydrogens is 226 g/mol. The third-order valence-electron chi connectivity index (χ3n) is 2.75. The van der Waals surface area contributed by atoms with Crippen molar-refractivity contribution in [1.29, 1.82) is 0 Å². The lowest BCUT2D eigenvalue weighted by molar-refractivity contribution is 0.111. The summed E-state index contributed by atoms with van der Waals surface area (Å²) in [4.78, 5) is 0.